The Bertz CT molecular complexity index is 427. The quantitative estimate of drug-likeness (QED) is 0.718. The monoisotopic (exact) mass is 203 g/mol. The molecule has 1 amide bonds. The van der Waals surface area contributed by atoms with Crippen LogP contribution in [-0.2, 0) is 10.4 Å². The van der Waals surface area contributed by atoms with E-state index in [4.69, 9.17) is 0 Å². The first-order chi connectivity index (χ1) is 7.10. The van der Waals surface area contributed by atoms with Crippen molar-refractivity contribution in [1.82, 2.24) is 0 Å². The highest BCUT2D eigenvalue weighted by Crippen LogP contribution is 2.40. The molecule has 3 heteroatoms. The number of benzene rings is 1. The Labute approximate surface area is 88.4 Å². The molecule has 0 saturated carbocycles. The summed E-state index contributed by atoms with van der Waals surface area (Å²) in [6.45, 7) is 5.39. The van der Waals surface area contributed by atoms with Crippen LogP contribution in [0.25, 0.3) is 0 Å². The van der Waals surface area contributed by atoms with E-state index < -0.39 is 5.60 Å². The topological polar surface area (TPSA) is 49.3 Å². The van der Waals surface area contributed by atoms with E-state index in [1.165, 1.54) is 0 Å². The van der Waals surface area contributed by atoms with E-state index in [0.717, 1.165) is 0 Å². The van der Waals surface area contributed by atoms with Crippen LogP contribution in [0.15, 0.2) is 36.9 Å². The van der Waals surface area contributed by atoms with E-state index in [9.17, 15) is 9.90 Å². The Balaban J connectivity index is 2.58. The van der Waals surface area contributed by atoms with Crippen molar-refractivity contribution in [2.45, 2.75) is 12.5 Å². The Morgan fingerprint density at radius 3 is 2.87 bits per heavy atom. The fourth-order valence-electron chi connectivity index (χ4n) is 1.89. The van der Waals surface area contributed by atoms with Gasteiger partial charge in [0.15, 0.2) is 5.60 Å². The Morgan fingerprint density at radius 1 is 1.53 bits per heavy atom. The first-order valence-corrected chi connectivity index (χ1v) is 4.86. The van der Waals surface area contributed by atoms with Crippen molar-refractivity contribution in [2.75, 3.05) is 5.32 Å². The average molecular weight is 203 g/mol. The number of rotatable bonds is 2. The Kier molecular flexibility index (Phi) is 2.12. The summed E-state index contributed by atoms with van der Waals surface area (Å²) < 4.78 is 0. The van der Waals surface area contributed by atoms with Gasteiger partial charge in [0.05, 0.1) is 0 Å². The standard InChI is InChI=1S/C12H13NO2/c1-3-8(2)12(15)9-6-4-5-7-10(9)13-11(12)14/h3-8,15H,1H2,2H3,(H,13,14)/t8-,12-/m0/s1. The number of hydrogen-bond acceptors (Lipinski definition) is 2. The number of carbonyl (C=O) groups excluding carboxylic acids is 1. The molecular weight excluding hydrogens is 190 g/mol. The maximum absolute atomic E-state index is 11.7. The lowest BCUT2D eigenvalue weighted by Gasteiger charge is -2.25. The predicted molar refractivity (Wildman–Crippen MR) is 58.3 cm³/mol. The maximum atomic E-state index is 11.7. The summed E-state index contributed by atoms with van der Waals surface area (Å²) in [5, 5.41) is 13.1. The molecule has 2 atom stereocenters. The molecule has 3 nitrogen and oxygen atoms in total. The van der Waals surface area contributed by atoms with E-state index in [2.05, 4.69) is 11.9 Å². The van der Waals surface area contributed by atoms with Gasteiger partial charge in [-0.3, -0.25) is 4.79 Å². The largest absolute Gasteiger partial charge is 0.375 e. The van der Waals surface area contributed by atoms with Crippen molar-refractivity contribution in [1.29, 1.82) is 0 Å². The smallest absolute Gasteiger partial charge is 0.261 e. The minimum atomic E-state index is -1.47. The second-order valence-electron chi connectivity index (χ2n) is 3.79. The molecule has 2 N–H and O–H groups in total. The van der Waals surface area contributed by atoms with Gasteiger partial charge in [0.2, 0.25) is 0 Å². The fraction of sp³-hybridized carbons (Fsp3) is 0.250. The van der Waals surface area contributed by atoms with Gasteiger partial charge in [-0.15, -0.1) is 6.58 Å². The maximum Gasteiger partial charge on any atom is 0.261 e. The first-order valence-electron chi connectivity index (χ1n) is 4.86. The van der Waals surface area contributed by atoms with Crippen LogP contribution in [0.3, 0.4) is 0 Å². The van der Waals surface area contributed by atoms with Crippen LogP contribution in [-0.4, -0.2) is 11.0 Å². The van der Waals surface area contributed by atoms with Crippen LogP contribution in [0, 0.1) is 5.92 Å². The highest BCUT2D eigenvalue weighted by atomic mass is 16.3. The van der Waals surface area contributed by atoms with Crippen molar-refractivity contribution in [3.8, 4) is 0 Å². The van der Waals surface area contributed by atoms with E-state index in [-0.39, 0.29) is 11.8 Å². The van der Waals surface area contributed by atoms with Crippen LogP contribution >= 0.6 is 0 Å². The molecular formula is C12H13NO2. The minimum Gasteiger partial charge on any atom is -0.375 e. The van der Waals surface area contributed by atoms with Gasteiger partial charge in [-0.1, -0.05) is 31.2 Å². The van der Waals surface area contributed by atoms with Gasteiger partial charge in [-0.2, -0.15) is 0 Å². The van der Waals surface area contributed by atoms with Gasteiger partial charge < -0.3 is 10.4 Å². The van der Waals surface area contributed by atoms with Crippen molar-refractivity contribution < 1.29 is 9.90 Å². The third-order valence-corrected chi connectivity index (χ3v) is 2.94. The lowest BCUT2D eigenvalue weighted by atomic mass is 9.83. The number of para-hydroxylation sites is 1. The summed E-state index contributed by atoms with van der Waals surface area (Å²) in [5.74, 6) is -0.697. The summed E-state index contributed by atoms with van der Waals surface area (Å²) >= 11 is 0. The molecule has 1 aromatic carbocycles. The molecule has 0 bridgehead atoms. The zero-order chi connectivity index (χ0) is 11.1. The normalized spacial score (nSPS) is 25.6. The molecule has 0 spiro atoms. The summed E-state index contributed by atoms with van der Waals surface area (Å²) in [4.78, 5) is 11.7. The fourth-order valence-corrected chi connectivity index (χ4v) is 1.89. The van der Waals surface area contributed by atoms with Crippen LogP contribution in [0.2, 0.25) is 0 Å². The predicted octanol–water partition coefficient (Wildman–Crippen LogP) is 1.65. The Hall–Kier alpha value is -1.61. The molecule has 15 heavy (non-hydrogen) atoms. The molecule has 1 aromatic rings. The van der Waals surface area contributed by atoms with Crippen molar-refractivity contribution in [2.24, 2.45) is 5.92 Å². The lowest BCUT2D eigenvalue weighted by Crippen LogP contribution is -2.39. The number of aliphatic hydroxyl groups is 1. The molecule has 1 aliphatic rings. The van der Waals surface area contributed by atoms with Crippen LogP contribution in [0.1, 0.15) is 12.5 Å². The van der Waals surface area contributed by atoms with E-state index >= 15 is 0 Å². The van der Waals surface area contributed by atoms with E-state index in [1.807, 2.05) is 6.07 Å². The molecule has 1 aliphatic heterocycles. The second-order valence-corrected chi connectivity index (χ2v) is 3.79. The zero-order valence-corrected chi connectivity index (χ0v) is 8.53. The third-order valence-electron chi connectivity index (χ3n) is 2.94. The lowest BCUT2D eigenvalue weighted by molar-refractivity contribution is -0.137. The minimum absolute atomic E-state index is 0.318. The summed E-state index contributed by atoms with van der Waals surface area (Å²) in [7, 11) is 0. The molecule has 0 aliphatic carbocycles. The third kappa shape index (κ3) is 1.20. The molecule has 1 heterocycles. The van der Waals surface area contributed by atoms with Gasteiger partial charge in [0.1, 0.15) is 0 Å². The summed E-state index contributed by atoms with van der Waals surface area (Å²) in [6.07, 6.45) is 1.58. The summed E-state index contributed by atoms with van der Waals surface area (Å²) in [6, 6.07) is 7.16. The molecule has 0 fully saturated rings. The zero-order valence-electron chi connectivity index (χ0n) is 8.53. The average Bonchev–Trinajstić information content (AvgIpc) is 2.52. The number of anilines is 1. The van der Waals surface area contributed by atoms with E-state index in [1.54, 1.807) is 31.2 Å². The van der Waals surface area contributed by atoms with Crippen molar-refractivity contribution in [3.05, 3.63) is 42.5 Å². The van der Waals surface area contributed by atoms with Gasteiger partial charge >= 0.3 is 0 Å². The molecule has 0 aromatic heterocycles. The molecule has 0 radical (unpaired) electrons. The number of hydrogen-bond donors (Lipinski definition) is 2. The van der Waals surface area contributed by atoms with Crippen LogP contribution in [0.4, 0.5) is 5.69 Å². The van der Waals surface area contributed by atoms with Gasteiger partial charge in [-0.25, -0.2) is 0 Å². The van der Waals surface area contributed by atoms with Crippen molar-refractivity contribution in [3.63, 3.8) is 0 Å². The molecule has 2 rings (SSSR count). The highest BCUT2D eigenvalue weighted by molar-refractivity contribution is 6.05. The number of carbonyl (C=O) groups is 1. The van der Waals surface area contributed by atoms with Crippen LogP contribution in [0.5, 0.6) is 0 Å². The molecule has 0 unspecified atom stereocenters. The number of nitrogens with one attached hydrogen (secondary N) is 1. The second kappa shape index (κ2) is 3.21. The van der Waals surface area contributed by atoms with Crippen molar-refractivity contribution >= 4 is 11.6 Å². The SMILES string of the molecule is C=C[C@H](C)[C@@]1(O)C(=O)Nc2ccccc21. The van der Waals surface area contributed by atoms with Gasteiger partial charge in [0.25, 0.3) is 5.91 Å². The number of fused-ring (bicyclic) bond motifs is 1. The molecule has 0 saturated heterocycles. The number of amides is 1. The first kappa shape index (κ1) is 9.93. The Morgan fingerprint density at radius 2 is 2.20 bits per heavy atom. The molecule has 78 valence electrons. The van der Waals surface area contributed by atoms with Crippen LogP contribution < -0.4 is 5.32 Å². The van der Waals surface area contributed by atoms with Gasteiger partial charge in [0, 0.05) is 17.2 Å². The highest BCUT2D eigenvalue weighted by Gasteiger charge is 2.48. The summed E-state index contributed by atoms with van der Waals surface area (Å²) in [5.41, 5.74) is -0.167. The van der Waals surface area contributed by atoms with E-state index in [0.29, 0.717) is 11.3 Å². The van der Waals surface area contributed by atoms with Gasteiger partial charge in [-0.05, 0) is 6.07 Å².